The van der Waals surface area contributed by atoms with E-state index >= 15 is 0 Å². The molecule has 0 saturated carbocycles. The van der Waals surface area contributed by atoms with Crippen molar-refractivity contribution >= 4 is 78.0 Å². The summed E-state index contributed by atoms with van der Waals surface area (Å²) in [7, 11) is 0. The molecule has 0 saturated heterocycles. The Balaban J connectivity index is 0. The van der Waals surface area contributed by atoms with Gasteiger partial charge in [0.1, 0.15) is 3.23 Å². The zero-order valence-corrected chi connectivity index (χ0v) is 21.5. The molecule has 3 N–H and O–H groups in total. The van der Waals surface area contributed by atoms with E-state index in [1.54, 1.807) is 30.3 Å². The highest BCUT2D eigenvalue weighted by atomic mass is 79.9. The second-order valence-electron chi connectivity index (χ2n) is 6.67. The Labute approximate surface area is 199 Å². The highest BCUT2D eigenvalue weighted by molar-refractivity contribution is 9.25. The standard InChI is InChI=1S/C8H7Br2ClO.C7H5ClO.C4H12N2.ClH/c1-5-3-2-4-6(7(11)12)8(5,9)10;8-7(9)6-4-2-1-3-5-6;1-4(2,3)6-5;/h2-4,6H,1H3;1-5H;6H,5H2,1-3H3;1H. The van der Waals surface area contributed by atoms with Crippen LogP contribution in [0.4, 0.5) is 0 Å². The third-order valence-corrected chi connectivity index (χ3v) is 5.94. The van der Waals surface area contributed by atoms with Gasteiger partial charge in [-0.15, -0.1) is 12.4 Å². The molecule has 1 aliphatic rings. The number of carbonyl (C=O) groups is 2. The highest BCUT2D eigenvalue weighted by Gasteiger charge is 2.39. The van der Waals surface area contributed by atoms with E-state index in [9.17, 15) is 9.59 Å². The molecular formula is C19H25Br2Cl3N2O2. The zero-order chi connectivity index (χ0) is 21.3. The lowest BCUT2D eigenvalue weighted by Crippen LogP contribution is -2.41. The van der Waals surface area contributed by atoms with Gasteiger partial charge in [0.15, 0.2) is 0 Å². The quantitative estimate of drug-likeness (QED) is 0.192. The maximum atomic E-state index is 11.0. The number of carbonyl (C=O) groups excluding carboxylic acids is 2. The average Bonchev–Trinajstić information content (AvgIpc) is 2.58. The van der Waals surface area contributed by atoms with Gasteiger partial charge in [-0.3, -0.25) is 20.9 Å². The molecule has 2 rings (SSSR count). The molecule has 1 aromatic carbocycles. The van der Waals surface area contributed by atoms with Crippen molar-refractivity contribution in [2.45, 2.75) is 36.5 Å². The summed E-state index contributed by atoms with van der Waals surface area (Å²) < 4.78 is -0.506. The Morgan fingerprint density at radius 2 is 1.61 bits per heavy atom. The minimum atomic E-state index is -0.506. The number of hydrogen-bond donors (Lipinski definition) is 2. The molecular weight excluding hydrogens is 554 g/mol. The normalized spacial score (nSPS) is 16.9. The van der Waals surface area contributed by atoms with Crippen molar-refractivity contribution in [3.63, 3.8) is 0 Å². The number of hydrazine groups is 1. The van der Waals surface area contributed by atoms with Crippen molar-refractivity contribution in [3.8, 4) is 0 Å². The fourth-order valence-electron chi connectivity index (χ4n) is 1.58. The number of halogens is 5. The summed E-state index contributed by atoms with van der Waals surface area (Å²) in [5, 5.41) is -0.775. The third-order valence-electron chi connectivity index (χ3n) is 3.24. The van der Waals surface area contributed by atoms with Crippen molar-refractivity contribution in [1.29, 1.82) is 0 Å². The van der Waals surface area contributed by atoms with Crippen LogP contribution in [-0.4, -0.2) is 19.3 Å². The van der Waals surface area contributed by atoms with E-state index < -0.39 is 8.48 Å². The second-order valence-corrected chi connectivity index (χ2v) is 11.0. The summed E-state index contributed by atoms with van der Waals surface area (Å²) in [4.78, 5) is 21.4. The van der Waals surface area contributed by atoms with Gasteiger partial charge >= 0.3 is 0 Å². The van der Waals surface area contributed by atoms with Gasteiger partial charge in [-0.2, -0.15) is 0 Å². The number of nitrogens with two attached hydrogens (primary N) is 1. The van der Waals surface area contributed by atoms with Gasteiger partial charge in [-0.1, -0.05) is 80.4 Å². The molecule has 0 radical (unpaired) electrons. The van der Waals surface area contributed by atoms with Crippen LogP contribution in [0, 0.1) is 5.92 Å². The van der Waals surface area contributed by atoms with E-state index in [2.05, 4.69) is 37.3 Å². The van der Waals surface area contributed by atoms with Gasteiger partial charge in [0.25, 0.3) is 5.24 Å². The number of nitrogens with one attached hydrogen (secondary N) is 1. The molecule has 0 fully saturated rings. The van der Waals surface area contributed by atoms with Crippen LogP contribution < -0.4 is 11.3 Å². The first kappa shape index (κ1) is 30.0. The highest BCUT2D eigenvalue weighted by Crippen LogP contribution is 2.45. The molecule has 0 aromatic heterocycles. The zero-order valence-electron chi connectivity index (χ0n) is 16.0. The molecule has 9 heteroatoms. The van der Waals surface area contributed by atoms with E-state index in [4.69, 9.17) is 29.0 Å². The topological polar surface area (TPSA) is 72.2 Å². The molecule has 0 spiro atoms. The van der Waals surface area contributed by atoms with Gasteiger partial charge < -0.3 is 0 Å². The minimum Gasteiger partial charge on any atom is -0.281 e. The maximum absolute atomic E-state index is 11.0. The van der Waals surface area contributed by atoms with E-state index in [1.807, 2.05) is 45.9 Å². The van der Waals surface area contributed by atoms with Crippen LogP contribution in [0.5, 0.6) is 0 Å². The number of alkyl halides is 2. The van der Waals surface area contributed by atoms with Gasteiger partial charge in [-0.05, 0) is 56.5 Å². The van der Waals surface area contributed by atoms with Gasteiger partial charge in [0.05, 0.1) is 5.92 Å². The molecule has 1 aromatic rings. The summed E-state index contributed by atoms with van der Waals surface area (Å²) in [5.41, 5.74) is 4.25. The van der Waals surface area contributed by atoms with Crippen LogP contribution in [0.3, 0.4) is 0 Å². The Kier molecular flexibility index (Phi) is 14.9. The van der Waals surface area contributed by atoms with Gasteiger partial charge in [0.2, 0.25) is 5.24 Å². The monoisotopic (exact) mass is 576 g/mol. The number of benzene rings is 1. The largest absolute Gasteiger partial charge is 0.281 e. The minimum absolute atomic E-state index is 0. The van der Waals surface area contributed by atoms with Crippen LogP contribution in [-0.2, 0) is 4.79 Å². The van der Waals surface area contributed by atoms with E-state index in [-0.39, 0.29) is 29.1 Å². The fraction of sp³-hybridized carbons (Fsp3) is 0.368. The van der Waals surface area contributed by atoms with Crippen molar-refractivity contribution in [2.24, 2.45) is 11.8 Å². The summed E-state index contributed by atoms with van der Waals surface area (Å²) in [6, 6.07) is 8.74. The van der Waals surface area contributed by atoms with Gasteiger partial charge in [-0.25, -0.2) is 0 Å². The summed E-state index contributed by atoms with van der Waals surface area (Å²) >= 11 is 17.4. The third kappa shape index (κ3) is 11.7. The molecule has 0 heterocycles. The molecule has 0 aliphatic heterocycles. The Hall–Kier alpha value is -0.210. The first-order valence-electron chi connectivity index (χ1n) is 7.98. The van der Waals surface area contributed by atoms with Crippen LogP contribution in [0.1, 0.15) is 38.1 Å². The summed E-state index contributed by atoms with van der Waals surface area (Å²) in [6.45, 7) is 7.95. The first-order valence-corrected chi connectivity index (χ1v) is 10.3. The van der Waals surface area contributed by atoms with Crippen LogP contribution in [0.15, 0.2) is 54.1 Å². The van der Waals surface area contributed by atoms with E-state index in [0.29, 0.717) is 5.56 Å². The summed E-state index contributed by atoms with van der Waals surface area (Å²) in [6.07, 6.45) is 5.53. The average molecular weight is 580 g/mol. The van der Waals surface area contributed by atoms with Crippen molar-refractivity contribution < 1.29 is 9.59 Å². The lowest BCUT2D eigenvalue weighted by Gasteiger charge is -2.29. The van der Waals surface area contributed by atoms with E-state index in [1.165, 1.54) is 0 Å². The van der Waals surface area contributed by atoms with Crippen molar-refractivity contribution in [2.75, 3.05) is 0 Å². The predicted octanol–water partition coefficient (Wildman–Crippen LogP) is 6.11. The molecule has 28 heavy (non-hydrogen) atoms. The second kappa shape index (κ2) is 13.9. The Morgan fingerprint density at radius 3 is 1.89 bits per heavy atom. The maximum Gasteiger partial charge on any atom is 0.252 e. The molecule has 0 bridgehead atoms. The van der Waals surface area contributed by atoms with Crippen LogP contribution >= 0.6 is 67.5 Å². The number of rotatable bonds is 2. The molecule has 1 aliphatic carbocycles. The predicted molar refractivity (Wildman–Crippen MR) is 129 cm³/mol. The molecule has 4 nitrogen and oxygen atoms in total. The SMILES string of the molecule is CC(C)(C)NN.CC1=CC=CC(C(=O)Cl)C1(Br)Br.Cl.O=C(Cl)c1ccccc1. The molecule has 1 unspecified atom stereocenters. The van der Waals surface area contributed by atoms with Crippen LogP contribution in [0.25, 0.3) is 0 Å². The number of allylic oxidation sites excluding steroid dienone is 4. The van der Waals surface area contributed by atoms with Crippen molar-refractivity contribution in [1.82, 2.24) is 5.43 Å². The van der Waals surface area contributed by atoms with Gasteiger partial charge in [0, 0.05) is 11.1 Å². The Bertz CT molecular complexity index is 688. The van der Waals surface area contributed by atoms with Crippen LogP contribution in [0.2, 0.25) is 0 Å². The molecule has 1 atom stereocenters. The first-order chi connectivity index (χ1) is 12.3. The van der Waals surface area contributed by atoms with Crippen molar-refractivity contribution in [3.05, 3.63) is 59.7 Å². The lowest BCUT2D eigenvalue weighted by atomic mass is 9.96. The fourth-order valence-corrected chi connectivity index (χ4v) is 3.19. The smallest absolute Gasteiger partial charge is 0.252 e. The van der Waals surface area contributed by atoms with E-state index in [0.717, 1.165) is 5.57 Å². The molecule has 0 amide bonds. The molecule has 158 valence electrons. The Morgan fingerprint density at radius 1 is 1.14 bits per heavy atom. The lowest BCUT2D eigenvalue weighted by molar-refractivity contribution is -0.113. The summed E-state index contributed by atoms with van der Waals surface area (Å²) in [5.74, 6) is 4.71. The number of hydrogen-bond acceptors (Lipinski definition) is 4.